The molecule has 0 fully saturated rings. The molecule has 0 heterocycles. The fourth-order valence-corrected chi connectivity index (χ4v) is 0. The molecule has 0 atom stereocenters. The summed E-state index contributed by atoms with van der Waals surface area (Å²) in [6, 6.07) is 0. The Morgan fingerprint density at radius 1 is 1.27 bits per heavy atom. The first kappa shape index (κ1) is 22.5. The zero-order chi connectivity index (χ0) is 7.86. The van der Waals surface area contributed by atoms with Gasteiger partial charge in [-0.15, -0.1) is 0 Å². The van der Waals surface area contributed by atoms with E-state index in [-0.39, 0.29) is 49.0 Å². The van der Waals surface area contributed by atoms with Crippen molar-refractivity contribution in [2.75, 3.05) is 0 Å². The third-order valence-electron chi connectivity index (χ3n) is 0.0713. The maximum absolute atomic E-state index is 8.83. The number of hydrogen-bond donors (Lipinski definition) is 1. The summed E-state index contributed by atoms with van der Waals surface area (Å²) >= 11 is 0. The molecule has 1 N–H and O–H groups in total. The van der Waals surface area contributed by atoms with E-state index in [2.05, 4.69) is 4.89 Å². The van der Waals surface area contributed by atoms with E-state index in [0.29, 0.717) is 0 Å². The first-order chi connectivity index (χ1) is 4.00. The zero-order valence-electron chi connectivity index (χ0n) is 5.60. The average Bonchev–Trinajstić information content (AvgIpc) is 1.65. The summed E-state index contributed by atoms with van der Waals surface area (Å²) < 4.78 is 0. The molecule has 0 aromatic heterocycles. The van der Waals surface area contributed by atoms with Crippen LogP contribution in [0.15, 0.2) is 0 Å². The molecule has 0 bridgehead atoms. The maximum atomic E-state index is 8.83. The van der Waals surface area contributed by atoms with Gasteiger partial charge in [0.15, 0.2) is 0 Å². The molecule has 11 heavy (non-hydrogen) atoms. The Morgan fingerprint density at radius 2 is 1.36 bits per heavy atom. The summed E-state index contributed by atoms with van der Waals surface area (Å²) in [5, 5.41) is 32.4. The molecule has 0 aromatic rings. The quantitative estimate of drug-likeness (QED) is 0.246. The Hall–Kier alpha value is 0.123. The van der Waals surface area contributed by atoms with Crippen molar-refractivity contribution in [3.05, 3.63) is 0 Å². The minimum Gasteiger partial charge on any atom is -0.659 e. The van der Waals surface area contributed by atoms with Crippen molar-refractivity contribution >= 4 is 12.3 Å². The Labute approximate surface area is 95.9 Å². The number of hydrogen-bond acceptors (Lipinski definition) is 6. The third kappa shape index (κ3) is 148. The van der Waals surface area contributed by atoms with Crippen molar-refractivity contribution in [3.63, 3.8) is 0 Å². The van der Waals surface area contributed by atoms with E-state index < -0.39 is 12.3 Å². The van der Waals surface area contributed by atoms with E-state index in [9.17, 15) is 0 Å². The summed E-state index contributed by atoms with van der Waals surface area (Å²) in [4.78, 5) is 19.6. The second-order valence-electron chi connectivity index (χ2n) is 0.599. The Morgan fingerprint density at radius 3 is 1.36 bits per heavy atom. The van der Waals surface area contributed by atoms with Gasteiger partial charge in [-0.3, -0.25) is 0 Å². The van der Waals surface area contributed by atoms with Gasteiger partial charge >= 0.3 is 55.2 Å². The van der Waals surface area contributed by atoms with Gasteiger partial charge in [0.05, 0.1) is 0 Å². The van der Waals surface area contributed by atoms with Crippen LogP contribution in [0.2, 0.25) is 0 Å². The first-order valence-electron chi connectivity index (χ1n) is 1.41. The van der Waals surface area contributed by atoms with Crippen LogP contribution in [0.3, 0.4) is 0 Å². The largest absolute Gasteiger partial charge is 2.00 e. The van der Waals surface area contributed by atoms with Crippen LogP contribution in [-0.4, -0.2) is 17.4 Å². The standard InChI is InChI=1S/CH2O4.CH2O3.Na.Zn/c2-1(3)5-4;2-1(3)4;;/h4H,(H,2,3);(H2,2,3,4);;/q;;+1;+2/p-3. The van der Waals surface area contributed by atoms with Crippen molar-refractivity contribution in [3.8, 4) is 0 Å². The van der Waals surface area contributed by atoms with Gasteiger partial charge in [-0.25, -0.2) is 4.79 Å². The molecule has 0 spiro atoms. The molecule has 7 nitrogen and oxygen atoms in total. The van der Waals surface area contributed by atoms with Crippen LogP contribution >= 0.6 is 0 Å². The average molecular weight is 225 g/mol. The summed E-state index contributed by atoms with van der Waals surface area (Å²) in [6.07, 6.45) is -4.13. The number of carbonyl (C=O) groups is 2. The fourth-order valence-electron chi connectivity index (χ4n) is 0. The molecule has 0 aliphatic heterocycles. The fraction of sp³-hybridized carbons (Fsp3) is 0. The predicted molar refractivity (Wildman–Crippen MR) is 14.5 cm³/mol. The normalized spacial score (nSPS) is 5.18. The Bertz CT molecular complexity index is 101. The minimum atomic E-state index is -2.33. The third-order valence-corrected chi connectivity index (χ3v) is 0.0713. The summed E-state index contributed by atoms with van der Waals surface area (Å²) in [6.45, 7) is 0. The monoisotopic (exact) mass is 224 g/mol. The van der Waals surface area contributed by atoms with E-state index in [4.69, 9.17) is 30.2 Å². The van der Waals surface area contributed by atoms with E-state index in [0.717, 1.165) is 0 Å². The molecule has 9 heteroatoms. The first-order valence-corrected chi connectivity index (χ1v) is 1.41. The summed E-state index contributed by atoms with van der Waals surface area (Å²) in [7, 11) is 0. The van der Waals surface area contributed by atoms with Crippen LogP contribution in [0.1, 0.15) is 0 Å². The number of carboxylic acid groups (broad SMARTS) is 3. The van der Waals surface area contributed by atoms with Crippen LogP contribution in [-0.2, 0) is 24.4 Å². The van der Waals surface area contributed by atoms with E-state index >= 15 is 0 Å². The van der Waals surface area contributed by atoms with Gasteiger partial charge in [0, 0.05) is 0 Å². The van der Waals surface area contributed by atoms with Crippen molar-refractivity contribution in [1.29, 1.82) is 0 Å². The Kier molecular flexibility index (Phi) is 33.9. The van der Waals surface area contributed by atoms with Crippen molar-refractivity contribution in [1.82, 2.24) is 0 Å². The molecule has 0 aromatic carbocycles. The van der Waals surface area contributed by atoms with Crippen LogP contribution < -0.4 is 45.0 Å². The molecule has 0 aliphatic rings. The molecule has 0 saturated heterocycles. The topological polar surface area (TPSA) is 133 Å². The van der Waals surface area contributed by atoms with Crippen molar-refractivity contribution in [2.24, 2.45) is 0 Å². The molecule has 0 unspecified atom stereocenters. The second kappa shape index (κ2) is 16.6. The van der Waals surface area contributed by atoms with Gasteiger partial charge < -0.3 is 30.3 Å². The zero-order valence-corrected chi connectivity index (χ0v) is 10.6. The van der Waals surface area contributed by atoms with Crippen LogP contribution in [0.4, 0.5) is 9.59 Å². The van der Waals surface area contributed by atoms with Crippen molar-refractivity contribution < 1.29 is 84.1 Å². The molecule has 54 valence electrons. The maximum Gasteiger partial charge on any atom is 2.00 e. The molecular formula is C2HNaO7Zn. The summed E-state index contributed by atoms with van der Waals surface area (Å²) in [5.74, 6) is 0. The van der Waals surface area contributed by atoms with Gasteiger partial charge in [0.2, 0.25) is 0 Å². The number of rotatable bonds is 0. The SMILES string of the molecule is O=C(O)O[O-].O=C([O-])[O-].[Na+].[Zn+2]. The minimum absolute atomic E-state index is 0. The Balaban J connectivity index is -0.0000000383. The molecular weight excluding hydrogens is 224 g/mol. The van der Waals surface area contributed by atoms with Gasteiger partial charge in [-0.05, 0) is 6.16 Å². The molecule has 0 aliphatic carbocycles. The van der Waals surface area contributed by atoms with Crippen LogP contribution in [0.5, 0.6) is 0 Å². The van der Waals surface area contributed by atoms with Gasteiger partial charge in [-0.1, -0.05) is 0 Å². The smallest absolute Gasteiger partial charge is 0.659 e. The van der Waals surface area contributed by atoms with E-state index in [1.54, 1.807) is 0 Å². The predicted octanol–water partition coefficient (Wildman–Crippen LogP) is -6.49. The molecule has 0 amide bonds. The molecule has 0 rings (SSSR count). The molecule has 0 saturated carbocycles. The molecule has 0 radical (unpaired) electrons. The van der Waals surface area contributed by atoms with Crippen molar-refractivity contribution in [2.45, 2.75) is 0 Å². The van der Waals surface area contributed by atoms with Gasteiger partial charge in [0.1, 0.15) is 0 Å². The number of carbonyl (C=O) groups excluding carboxylic acids is 1. The van der Waals surface area contributed by atoms with E-state index in [1.165, 1.54) is 0 Å². The second-order valence-corrected chi connectivity index (χ2v) is 0.599. The van der Waals surface area contributed by atoms with Crippen LogP contribution in [0, 0.1) is 0 Å². The van der Waals surface area contributed by atoms with Gasteiger partial charge in [0.25, 0.3) is 0 Å². The summed E-state index contributed by atoms with van der Waals surface area (Å²) in [5.41, 5.74) is 0. The van der Waals surface area contributed by atoms with Gasteiger partial charge in [-0.2, -0.15) is 0 Å². The van der Waals surface area contributed by atoms with Crippen LogP contribution in [0.25, 0.3) is 0 Å². The van der Waals surface area contributed by atoms with E-state index in [1.807, 2.05) is 0 Å².